The smallest absolute Gasteiger partial charge is 0.132 e. The van der Waals surface area contributed by atoms with Gasteiger partial charge in [0.1, 0.15) is 5.82 Å². The summed E-state index contributed by atoms with van der Waals surface area (Å²) < 4.78 is 0. The van der Waals surface area contributed by atoms with Crippen LogP contribution in [0.1, 0.15) is 28.6 Å². The van der Waals surface area contributed by atoms with E-state index >= 15 is 0 Å². The van der Waals surface area contributed by atoms with Gasteiger partial charge in [-0.15, -0.1) is 11.6 Å². The number of benzene rings is 1. The second kappa shape index (κ2) is 4.46. The molecule has 86 valence electrons. The molecule has 1 heterocycles. The van der Waals surface area contributed by atoms with Crippen LogP contribution in [0.4, 0.5) is 0 Å². The summed E-state index contributed by atoms with van der Waals surface area (Å²) in [6, 6.07) is 10.5. The zero-order chi connectivity index (χ0) is 11.7. The highest BCUT2D eigenvalue weighted by Gasteiger charge is 2.24. The van der Waals surface area contributed by atoms with Crippen molar-refractivity contribution in [2.24, 2.45) is 0 Å². The number of alkyl halides is 1. The summed E-state index contributed by atoms with van der Waals surface area (Å²) >= 11 is 5.80. The van der Waals surface area contributed by atoms with Crippen LogP contribution in [0.25, 0.3) is 0 Å². The van der Waals surface area contributed by atoms with E-state index in [1.165, 1.54) is 11.1 Å². The number of halogens is 1. The van der Waals surface area contributed by atoms with Gasteiger partial charge in [0.05, 0.1) is 11.6 Å². The Morgan fingerprint density at radius 1 is 1.12 bits per heavy atom. The van der Waals surface area contributed by atoms with E-state index in [-0.39, 0.29) is 0 Å². The van der Waals surface area contributed by atoms with Gasteiger partial charge in [-0.3, -0.25) is 0 Å². The lowest BCUT2D eigenvalue weighted by Crippen LogP contribution is -2.05. The van der Waals surface area contributed by atoms with Crippen molar-refractivity contribution in [3.8, 4) is 0 Å². The fourth-order valence-electron chi connectivity index (χ4n) is 2.43. The predicted molar refractivity (Wildman–Crippen MR) is 68.2 cm³/mol. The molecule has 0 saturated heterocycles. The molecular formula is C14H13ClN2. The number of rotatable bonds is 2. The average molecular weight is 245 g/mol. The van der Waals surface area contributed by atoms with Crippen LogP contribution in [0.15, 0.2) is 36.5 Å². The molecule has 1 aromatic carbocycles. The molecule has 1 aliphatic rings. The topological polar surface area (TPSA) is 25.8 Å². The van der Waals surface area contributed by atoms with Crippen molar-refractivity contribution in [1.29, 1.82) is 0 Å². The van der Waals surface area contributed by atoms with Gasteiger partial charge in [0.2, 0.25) is 0 Å². The molecule has 1 aromatic heterocycles. The monoisotopic (exact) mass is 244 g/mol. The quantitative estimate of drug-likeness (QED) is 0.759. The first-order valence-electron chi connectivity index (χ1n) is 5.81. The molecule has 0 radical (unpaired) electrons. The molecule has 0 amide bonds. The predicted octanol–water partition coefficient (Wildman–Crippen LogP) is 3.10. The van der Waals surface area contributed by atoms with Crippen LogP contribution in [0.5, 0.6) is 0 Å². The minimum absolute atomic E-state index is 0.413. The minimum Gasteiger partial charge on any atom is -0.241 e. The van der Waals surface area contributed by atoms with E-state index in [4.69, 9.17) is 11.6 Å². The van der Waals surface area contributed by atoms with E-state index in [0.717, 1.165) is 24.4 Å². The van der Waals surface area contributed by atoms with E-state index in [2.05, 4.69) is 34.2 Å². The van der Waals surface area contributed by atoms with Crippen molar-refractivity contribution >= 4 is 11.6 Å². The first-order chi connectivity index (χ1) is 8.36. The lowest BCUT2D eigenvalue weighted by molar-refractivity contribution is 0.677. The molecule has 2 nitrogen and oxygen atoms in total. The molecule has 0 unspecified atom stereocenters. The molecular weight excluding hydrogens is 232 g/mol. The summed E-state index contributed by atoms with van der Waals surface area (Å²) in [5.41, 5.74) is 3.77. The van der Waals surface area contributed by atoms with E-state index < -0.39 is 0 Å². The van der Waals surface area contributed by atoms with Crippen molar-refractivity contribution in [1.82, 2.24) is 9.97 Å². The summed E-state index contributed by atoms with van der Waals surface area (Å²) in [4.78, 5) is 8.90. The summed E-state index contributed by atoms with van der Waals surface area (Å²) in [5.74, 6) is 1.80. The third-order valence-electron chi connectivity index (χ3n) is 3.28. The zero-order valence-corrected chi connectivity index (χ0v) is 10.2. The highest BCUT2D eigenvalue weighted by molar-refractivity contribution is 6.16. The van der Waals surface area contributed by atoms with Crippen molar-refractivity contribution in [3.05, 3.63) is 59.2 Å². The van der Waals surface area contributed by atoms with Gasteiger partial charge in [0, 0.05) is 12.1 Å². The molecule has 1 aliphatic carbocycles. The van der Waals surface area contributed by atoms with Gasteiger partial charge in [-0.25, -0.2) is 9.97 Å². The van der Waals surface area contributed by atoms with Crippen LogP contribution >= 0.6 is 11.6 Å². The summed E-state index contributed by atoms with van der Waals surface area (Å²) in [5, 5.41) is 0. The average Bonchev–Trinajstić information content (AvgIpc) is 2.82. The maximum absolute atomic E-state index is 5.80. The van der Waals surface area contributed by atoms with Gasteiger partial charge in [0.25, 0.3) is 0 Å². The highest BCUT2D eigenvalue weighted by atomic mass is 35.5. The van der Waals surface area contributed by atoms with E-state index in [1.807, 2.05) is 12.3 Å². The molecule has 2 aromatic rings. The third kappa shape index (κ3) is 2.05. The molecule has 0 N–H and O–H groups in total. The molecule has 0 spiro atoms. The van der Waals surface area contributed by atoms with Crippen molar-refractivity contribution < 1.29 is 0 Å². The third-order valence-corrected chi connectivity index (χ3v) is 3.56. The fraction of sp³-hybridized carbons (Fsp3) is 0.286. The number of nitrogens with zero attached hydrogens (tertiary/aromatic N) is 2. The van der Waals surface area contributed by atoms with Gasteiger partial charge >= 0.3 is 0 Å². The van der Waals surface area contributed by atoms with Gasteiger partial charge in [-0.2, -0.15) is 0 Å². The Labute approximate surface area is 106 Å². The van der Waals surface area contributed by atoms with Gasteiger partial charge in [0.15, 0.2) is 0 Å². The van der Waals surface area contributed by atoms with Crippen LogP contribution in [-0.2, 0) is 18.7 Å². The highest BCUT2D eigenvalue weighted by Crippen LogP contribution is 2.31. The first kappa shape index (κ1) is 10.7. The van der Waals surface area contributed by atoms with E-state index in [9.17, 15) is 0 Å². The van der Waals surface area contributed by atoms with Gasteiger partial charge < -0.3 is 0 Å². The molecule has 3 heteroatoms. The largest absolute Gasteiger partial charge is 0.241 e. The van der Waals surface area contributed by atoms with Crippen LogP contribution in [0.3, 0.4) is 0 Å². The Bertz CT molecular complexity index is 514. The Morgan fingerprint density at radius 3 is 2.47 bits per heavy atom. The first-order valence-corrected chi connectivity index (χ1v) is 6.35. The second-order valence-corrected chi connectivity index (χ2v) is 4.68. The maximum atomic E-state index is 5.80. The number of fused-ring (bicyclic) bond motifs is 1. The van der Waals surface area contributed by atoms with Crippen LogP contribution < -0.4 is 0 Å². The Morgan fingerprint density at radius 2 is 1.82 bits per heavy atom. The van der Waals surface area contributed by atoms with Crippen LogP contribution in [-0.4, -0.2) is 9.97 Å². The van der Waals surface area contributed by atoms with Crippen molar-refractivity contribution in [2.45, 2.75) is 24.6 Å². The lowest BCUT2D eigenvalue weighted by Gasteiger charge is -2.07. The molecule has 0 aliphatic heterocycles. The summed E-state index contributed by atoms with van der Waals surface area (Å²) in [7, 11) is 0. The van der Waals surface area contributed by atoms with Gasteiger partial charge in [-0.05, 0) is 30.0 Å². The molecule has 0 bridgehead atoms. The van der Waals surface area contributed by atoms with Gasteiger partial charge in [-0.1, -0.05) is 24.3 Å². The van der Waals surface area contributed by atoms with Crippen LogP contribution in [0, 0.1) is 0 Å². The van der Waals surface area contributed by atoms with Crippen molar-refractivity contribution in [3.63, 3.8) is 0 Å². The summed E-state index contributed by atoms with van der Waals surface area (Å²) in [6.45, 7) is 0. The molecule has 0 fully saturated rings. The normalized spacial score (nSPS) is 14.9. The standard InChI is InChI=1S/C14H13ClN2/c15-9-13-5-6-16-14(17-13)12-7-10-3-1-2-4-11(10)8-12/h1-6,12H,7-9H2. The molecule has 0 saturated carbocycles. The maximum Gasteiger partial charge on any atom is 0.132 e. The lowest BCUT2D eigenvalue weighted by atomic mass is 10.1. The molecule has 17 heavy (non-hydrogen) atoms. The summed E-state index contributed by atoms with van der Waals surface area (Å²) in [6.07, 6.45) is 3.90. The molecule has 0 atom stereocenters. The Kier molecular flexibility index (Phi) is 2.81. The molecule has 3 rings (SSSR count). The van der Waals surface area contributed by atoms with E-state index in [1.54, 1.807) is 0 Å². The SMILES string of the molecule is ClCc1ccnc(C2Cc3ccccc3C2)n1. The number of hydrogen-bond acceptors (Lipinski definition) is 2. The minimum atomic E-state index is 0.413. The van der Waals surface area contributed by atoms with E-state index in [0.29, 0.717) is 11.8 Å². The number of hydrogen-bond donors (Lipinski definition) is 0. The zero-order valence-electron chi connectivity index (χ0n) is 9.44. The Hall–Kier alpha value is -1.41. The van der Waals surface area contributed by atoms with Crippen LogP contribution in [0.2, 0.25) is 0 Å². The fourth-order valence-corrected chi connectivity index (χ4v) is 2.57. The number of aromatic nitrogens is 2. The second-order valence-electron chi connectivity index (χ2n) is 4.41. The van der Waals surface area contributed by atoms with Crippen molar-refractivity contribution in [2.75, 3.05) is 0 Å². The Balaban J connectivity index is 1.88.